The number of carbonyl (C=O) groups is 1. The maximum absolute atomic E-state index is 12.4. The number of carbonyl (C=O) groups excluding carboxylic acids is 1. The van der Waals surface area contributed by atoms with Crippen molar-refractivity contribution in [1.82, 2.24) is 0 Å². The van der Waals surface area contributed by atoms with Crippen molar-refractivity contribution in [2.45, 2.75) is 32.8 Å². The largest absolute Gasteiger partial charge is 0.458 e. The number of hydrogen-bond acceptors (Lipinski definition) is 6. The average molecular weight is 346 g/mol. The van der Waals surface area contributed by atoms with Gasteiger partial charge < -0.3 is 4.74 Å². The fourth-order valence-corrected chi connectivity index (χ4v) is 2.79. The van der Waals surface area contributed by atoms with E-state index in [0.29, 0.717) is 12.8 Å². The molecule has 132 valence electrons. The quantitative estimate of drug-likeness (QED) is 0.345. The summed E-state index contributed by atoms with van der Waals surface area (Å²) in [6.07, 6.45) is 2.82. The predicted octanol–water partition coefficient (Wildman–Crippen LogP) is 3.96. The molecule has 0 N–H and O–H groups in total. The molecule has 0 heterocycles. The minimum atomic E-state index is -0.822. The highest BCUT2D eigenvalue weighted by Gasteiger charge is 2.30. The molecule has 8 heteroatoms. The predicted molar refractivity (Wildman–Crippen MR) is 90.2 cm³/mol. The monoisotopic (exact) mass is 346 g/mol. The first-order valence-electron chi connectivity index (χ1n) is 7.65. The maximum atomic E-state index is 12.4. The number of allylic oxidation sites excluding steroid dienone is 1. The van der Waals surface area contributed by atoms with E-state index in [1.54, 1.807) is 0 Å². The zero-order chi connectivity index (χ0) is 18.7. The average Bonchev–Trinajstić information content (AvgIpc) is 2.54. The molecule has 0 saturated heterocycles. The Morgan fingerprint density at radius 3 is 2.24 bits per heavy atom. The molecule has 1 aromatic carbocycles. The lowest BCUT2D eigenvalue weighted by atomic mass is 9.83. The maximum Gasteiger partial charge on any atom is 0.338 e. The van der Waals surface area contributed by atoms with E-state index >= 15 is 0 Å². The number of nitrogens with zero attached hydrogens (tertiary/aromatic N) is 2. The van der Waals surface area contributed by atoms with Crippen molar-refractivity contribution in [3.8, 4) is 0 Å². The van der Waals surface area contributed by atoms with Crippen molar-refractivity contribution in [3.63, 3.8) is 0 Å². The molecule has 0 radical (unpaired) electrons. The van der Waals surface area contributed by atoms with Crippen LogP contribution in [0.4, 0.5) is 11.4 Å². The van der Waals surface area contributed by atoms with Crippen molar-refractivity contribution < 1.29 is 19.4 Å². The van der Waals surface area contributed by atoms with Gasteiger partial charge in [0.05, 0.1) is 21.5 Å². The van der Waals surface area contributed by atoms with E-state index in [1.807, 2.05) is 13.8 Å². The van der Waals surface area contributed by atoms with Gasteiger partial charge in [-0.05, 0) is 20.3 Å². The molecule has 0 amide bonds. The van der Waals surface area contributed by atoms with Crippen LogP contribution in [-0.2, 0) is 4.74 Å². The molecule has 8 nitrogen and oxygen atoms in total. The highest BCUT2D eigenvalue weighted by molar-refractivity contribution is 5.91. The highest BCUT2D eigenvalue weighted by Crippen LogP contribution is 2.32. The molecule has 0 saturated carbocycles. The molecular weight excluding hydrogens is 328 g/mol. The molecule has 0 spiro atoms. The number of benzene rings is 1. The fraction of sp³-hybridized carbons (Fsp3) is 0.353. The van der Waals surface area contributed by atoms with Crippen molar-refractivity contribution in [1.29, 1.82) is 0 Å². The number of nitro groups is 2. The van der Waals surface area contributed by atoms with Crippen LogP contribution in [0.25, 0.3) is 0 Å². The molecule has 2 unspecified atom stereocenters. The Bertz CT molecular complexity index is 751. The smallest absolute Gasteiger partial charge is 0.338 e. The van der Waals surface area contributed by atoms with Crippen LogP contribution in [0.5, 0.6) is 0 Å². The Labute approximate surface area is 144 Å². The molecule has 2 atom stereocenters. The molecule has 25 heavy (non-hydrogen) atoms. The van der Waals surface area contributed by atoms with Gasteiger partial charge in [-0.15, -0.1) is 0 Å². The first-order chi connectivity index (χ1) is 11.7. The van der Waals surface area contributed by atoms with Crippen LogP contribution in [0.3, 0.4) is 0 Å². The standard InChI is InChI=1S/C17H18N2O6/c1-10(2)15-5-4-11(3)6-16(15)25-17(20)12-7-13(18(21)22)9-14(8-12)19(23)24/h4,7-9,15-16H,1,5-6H2,2-3H3. The molecule has 0 aliphatic heterocycles. The molecule has 0 aromatic heterocycles. The van der Waals surface area contributed by atoms with Gasteiger partial charge in [-0.1, -0.05) is 23.8 Å². The second kappa shape index (κ2) is 7.25. The molecule has 0 bridgehead atoms. The SMILES string of the molecule is C=C(C)C1CC=C(C)CC1OC(=O)c1cc([N+](=O)[O-])cc([N+](=O)[O-])c1. The second-order valence-electron chi connectivity index (χ2n) is 6.14. The normalized spacial score (nSPS) is 19.7. The van der Waals surface area contributed by atoms with E-state index in [9.17, 15) is 25.0 Å². The van der Waals surface area contributed by atoms with E-state index in [-0.39, 0.29) is 11.5 Å². The summed E-state index contributed by atoms with van der Waals surface area (Å²) in [5, 5.41) is 21.9. The number of rotatable bonds is 5. The van der Waals surface area contributed by atoms with Gasteiger partial charge in [0.2, 0.25) is 0 Å². The Hall–Kier alpha value is -3.03. The molecule has 0 fully saturated rings. The Balaban J connectivity index is 2.30. The Morgan fingerprint density at radius 1 is 1.20 bits per heavy atom. The Kier molecular flexibility index (Phi) is 5.31. The summed E-state index contributed by atoms with van der Waals surface area (Å²) >= 11 is 0. The van der Waals surface area contributed by atoms with Crippen LogP contribution in [0.2, 0.25) is 0 Å². The third-order valence-corrected chi connectivity index (χ3v) is 4.14. The summed E-state index contributed by atoms with van der Waals surface area (Å²) in [6, 6.07) is 2.77. The summed E-state index contributed by atoms with van der Waals surface area (Å²) in [5.74, 6) is -0.876. The van der Waals surface area contributed by atoms with E-state index in [2.05, 4.69) is 12.7 Å². The van der Waals surface area contributed by atoms with Crippen LogP contribution in [0, 0.1) is 26.1 Å². The van der Waals surface area contributed by atoms with Gasteiger partial charge in [0.25, 0.3) is 11.4 Å². The van der Waals surface area contributed by atoms with Gasteiger partial charge in [-0.25, -0.2) is 4.79 Å². The van der Waals surface area contributed by atoms with Gasteiger partial charge >= 0.3 is 5.97 Å². The topological polar surface area (TPSA) is 113 Å². The van der Waals surface area contributed by atoms with E-state index < -0.39 is 33.3 Å². The lowest BCUT2D eigenvalue weighted by Gasteiger charge is -2.30. The molecule has 1 aliphatic carbocycles. The number of hydrogen-bond donors (Lipinski definition) is 0. The fourth-order valence-electron chi connectivity index (χ4n) is 2.79. The first kappa shape index (κ1) is 18.3. The lowest BCUT2D eigenvalue weighted by molar-refractivity contribution is -0.394. The lowest BCUT2D eigenvalue weighted by Crippen LogP contribution is -2.30. The summed E-state index contributed by atoms with van der Waals surface area (Å²) < 4.78 is 5.51. The van der Waals surface area contributed by atoms with E-state index in [4.69, 9.17) is 4.74 Å². The van der Waals surface area contributed by atoms with Crippen LogP contribution in [-0.4, -0.2) is 21.9 Å². The summed E-state index contributed by atoms with van der Waals surface area (Å²) in [5.41, 5.74) is 0.662. The third-order valence-electron chi connectivity index (χ3n) is 4.14. The van der Waals surface area contributed by atoms with Gasteiger partial charge in [0.1, 0.15) is 6.10 Å². The van der Waals surface area contributed by atoms with Crippen LogP contribution in [0.15, 0.2) is 42.0 Å². The number of non-ortho nitro benzene ring substituents is 2. The molecule has 2 rings (SSSR count). The summed E-state index contributed by atoms with van der Waals surface area (Å²) in [4.78, 5) is 32.7. The molecule has 1 aromatic rings. The van der Waals surface area contributed by atoms with Crippen molar-refractivity contribution in [2.24, 2.45) is 5.92 Å². The first-order valence-corrected chi connectivity index (χ1v) is 7.65. The van der Waals surface area contributed by atoms with Crippen molar-refractivity contribution in [2.75, 3.05) is 0 Å². The van der Waals surface area contributed by atoms with Gasteiger partial charge in [0, 0.05) is 24.5 Å². The number of ether oxygens (including phenoxy) is 1. The van der Waals surface area contributed by atoms with Crippen molar-refractivity contribution >= 4 is 17.3 Å². The van der Waals surface area contributed by atoms with Crippen LogP contribution < -0.4 is 0 Å². The molecule has 1 aliphatic rings. The summed E-state index contributed by atoms with van der Waals surface area (Å²) in [6.45, 7) is 7.68. The zero-order valence-electron chi connectivity index (χ0n) is 13.9. The highest BCUT2D eigenvalue weighted by atomic mass is 16.6. The van der Waals surface area contributed by atoms with Gasteiger partial charge in [-0.2, -0.15) is 0 Å². The minimum absolute atomic E-state index is 0.0543. The van der Waals surface area contributed by atoms with Crippen molar-refractivity contribution in [3.05, 3.63) is 67.8 Å². The van der Waals surface area contributed by atoms with E-state index in [0.717, 1.165) is 29.3 Å². The van der Waals surface area contributed by atoms with Gasteiger partial charge in [-0.3, -0.25) is 20.2 Å². The Morgan fingerprint density at radius 2 is 1.76 bits per heavy atom. The van der Waals surface area contributed by atoms with Crippen LogP contribution >= 0.6 is 0 Å². The third kappa shape index (κ3) is 4.28. The second-order valence-corrected chi connectivity index (χ2v) is 6.14. The zero-order valence-corrected chi connectivity index (χ0v) is 13.9. The van der Waals surface area contributed by atoms with Gasteiger partial charge in [0.15, 0.2) is 0 Å². The number of esters is 1. The summed E-state index contributed by atoms with van der Waals surface area (Å²) in [7, 11) is 0. The number of nitro benzene ring substituents is 2. The van der Waals surface area contributed by atoms with E-state index in [1.165, 1.54) is 0 Å². The molecular formula is C17H18N2O6. The van der Waals surface area contributed by atoms with Crippen LogP contribution in [0.1, 0.15) is 37.0 Å². The minimum Gasteiger partial charge on any atom is -0.458 e.